The highest BCUT2D eigenvalue weighted by atomic mass is 19.4. The zero-order valence-corrected chi connectivity index (χ0v) is 10.2. The van der Waals surface area contributed by atoms with Crippen LogP contribution in [0, 0.1) is 0 Å². The lowest BCUT2D eigenvalue weighted by atomic mass is 10.0. The van der Waals surface area contributed by atoms with Gasteiger partial charge in [-0.05, 0) is 0 Å². The number of halogens is 15. The molecule has 0 amide bonds. The van der Waals surface area contributed by atoms with Crippen LogP contribution in [0.25, 0.3) is 0 Å². The van der Waals surface area contributed by atoms with Gasteiger partial charge in [-0.1, -0.05) is 0 Å². The molecule has 16 heteroatoms. The van der Waals surface area contributed by atoms with Crippen LogP contribution in [0.4, 0.5) is 65.9 Å². The molecule has 0 aromatic heterocycles. The highest BCUT2D eigenvalue weighted by molar-refractivity contribution is 5.09. The molecule has 0 radical (unpaired) electrons. The summed E-state index contributed by atoms with van der Waals surface area (Å²) in [6.45, 7) is 0. The number of hydrogen-bond acceptors (Lipinski definition) is 1. The summed E-state index contributed by atoms with van der Waals surface area (Å²) in [6.07, 6.45) is -31.4. The molecule has 0 spiro atoms. The van der Waals surface area contributed by atoms with Gasteiger partial charge in [0.2, 0.25) is 5.83 Å². The molecule has 0 rings (SSSR count). The van der Waals surface area contributed by atoms with Crippen LogP contribution in [0.3, 0.4) is 0 Å². The van der Waals surface area contributed by atoms with Gasteiger partial charge >= 0.3 is 36.2 Å². The molecule has 0 aliphatic rings. The van der Waals surface area contributed by atoms with Crippen molar-refractivity contribution < 1.29 is 70.6 Å². The third kappa shape index (κ3) is 3.60. The molecule has 0 aliphatic heterocycles. The van der Waals surface area contributed by atoms with E-state index in [-0.39, 0.29) is 0 Å². The van der Waals surface area contributed by atoms with Crippen LogP contribution in [0.1, 0.15) is 0 Å². The van der Waals surface area contributed by atoms with E-state index in [9.17, 15) is 65.9 Å². The molecule has 0 unspecified atom stereocenters. The number of ether oxygens (including phenoxy) is 1. The summed E-state index contributed by atoms with van der Waals surface area (Å²) >= 11 is 0. The van der Waals surface area contributed by atoms with Gasteiger partial charge in [-0.15, -0.1) is 0 Å². The molecule has 0 bridgehead atoms. The number of allylic oxidation sites excluding steroid dienone is 1. The van der Waals surface area contributed by atoms with Gasteiger partial charge in [0.15, 0.2) is 0 Å². The summed E-state index contributed by atoms with van der Waals surface area (Å²) in [5.41, 5.74) is -7.23. The van der Waals surface area contributed by atoms with Crippen molar-refractivity contribution in [2.45, 2.75) is 36.2 Å². The van der Waals surface area contributed by atoms with Crippen molar-refractivity contribution in [1.82, 2.24) is 0 Å². The Morgan fingerprint density at radius 2 is 0.833 bits per heavy atom. The first-order chi connectivity index (χ1) is 10.1. The van der Waals surface area contributed by atoms with E-state index in [4.69, 9.17) is 0 Å². The highest BCUT2D eigenvalue weighted by Crippen LogP contribution is 2.55. The van der Waals surface area contributed by atoms with Gasteiger partial charge in [-0.3, -0.25) is 0 Å². The fourth-order valence-corrected chi connectivity index (χ4v) is 1.03. The minimum Gasteiger partial charge on any atom is -0.467 e. The normalized spacial score (nSPS) is 16.4. The van der Waals surface area contributed by atoms with Gasteiger partial charge in [-0.2, -0.15) is 61.5 Å². The summed E-state index contributed by atoms with van der Waals surface area (Å²) in [4.78, 5) is 0. The lowest BCUT2D eigenvalue weighted by Gasteiger charge is -2.37. The Hall–Kier alpha value is -1.51. The van der Waals surface area contributed by atoms with E-state index in [1.165, 1.54) is 0 Å². The average Bonchev–Trinajstić information content (AvgIpc) is 2.21. The van der Waals surface area contributed by atoms with E-state index in [2.05, 4.69) is 4.74 Å². The van der Waals surface area contributed by atoms with E-state index in [1.807, 2.05) is 0 Å². The Balaban J connectivity index is 6.26. The maximum absolute atomic E-state index is 12.5. The fourth-order valence-electron chi connectivity index (χ4n) is 1.03. The van der Waals surface area contributed by atoms with Crippen molar-refractivity contribution >= 4 is 0 Å². The summed E-state index contributed by atoms with van der Waals surface area (Å²) in [5, 5.41) is 0. The third-order valence-electron chi connectivity index (χ3n) is 2.19. The first kappa shape index (κ1) is 22.5. The summed E-state index contributed by atoms with van der Waals surface area (Å²) in [5.74, 6) is -10.8. The molecule has 0 saturated carbocycles. The van der Waals surface area contributed by atoms with Crippen molar-refractivity contribution in [3.05, 3.63) is 12.1 Å². The molecule has 0 heterocycles. The summed E-state index contributed by atoms with van der Waals surface area (Å²) in [7, 11) is 0. The van der Waals surface area contributed by atoms with Gasteiger partial charge in [0, 0.05) is 0 Å². The predicted molar refractivity (Wildman–Crippen MR) is 42.2 cm³/mol. The highest BCUT2D eigenvalue weighted by Gasteiger charge is 2.86. The molecule has 0 aliphatic carbocycles. The minimum atomic E-state index is -7.44. The van der Waals surface area contributed by atoms with Crippen LogP contribution in [-0.4, -0.2) is 36.2 Å². The van der Waals surface area contributed by atoms with E-state index in [0.717, 1.165) is 0 Å². The van der Waals surface area contributed by atoms with Crippen LogP contribution in [0.15, 0.2) is 12.1 Å². The Kier molecular flexibility index (Phi) is 5.42. The lowest BCUT2D eigenvalue weighted by molar-refractivity contribution is -0.447. The monoisotopic (exact) mass is 398 g/mol. The average molecular weight is 398 g/mol. The quantitative estimate of drug-likeness (QED) is 0.455. The fraction of sp³-hybridized carbons (Fsp3) is 0.750. The number of alkyl halides is 14. The molecule has 0 saturated heterocycles. The number of rotatable bonds is 3. The molecule has 0 aromatic rings. The molecule has 0 atom stereocenters. The van der Waals surface area contributed by atoms with Gasteiger partial charge in [0.05, 0.1) is 0 Å². The van der Waals surface area contributed by atoms with E-state index in [1.54, 1.807) is 0 Å². The van der Waals surface area contributed by atoms with Crippen molar-refractivity contribution in [2.24, 2.45) is 0 Å². The van der Waals surface area contributed by atoms with Gasteiger partial charge in [-0.25, -0.2) is 4.39 Å². The van der Waals surface area contributed by atoms with Gasteiger partial charge in [0.1, 0.15) is 6.26 Å². The van der Waals surface area contributed by atoms with Crippen LogP contribution in [0.5, 0.6) is 0 Å². The predicted octanol–water partition coefficient (Wildman–Crippen LogP) is 5.44. The number of hydrogen-bond donors (Lipinski definition) is 0. The van der Waals surface area contributed by atoms with Crippen molar-refractivity contribution in [1.29, 1.82) is 0 Å². The summed E-state index contributed by atoms with van der Waals surface area (Å²) in [6, 6.07) is 0. The zero-order valence-electron chi connectivity index (χ0n) is 10.2. The van der Waals surface area contributed by atoms with Crippen molar-refractivity contribution in [3.63, 3.8) is 0 Å². The molecule has 24 heavy (non-hydrogen) atoms. The van der Waals surface area contributed by atoms with Crippen LogP contribution < -0.4 is 0 Å². The maximum Gasteiger partial charge on any atom is 0.460 e. The summed E-state index contributed by atoms with van der Waals surface area (Å²) < 4.78 is 184. The van der Waals surface area contributed by atoms with Crippen LogP contribution in [-0.2, 0) is 4.74 Å². The molecule has 144 valence electrons. The van der Waals surface area contributed by atoms with E-state index < -0.39 is 48.3 Å². The third-order valence-corrected chi connectivity index (χ3v) is 2.19. The smallest absolute Gasteiger partial charge is 0.460 e. The van der Waals surface area contributed by atoms with Crippen LogP contribution in [0.2, 0.25) is 0 Å². The Bertz CT molecular complexity index is 436. The second-order valence-corrected chi connectivity index (χ2v) is 3.83. The molecule has 0 aromatic carbocycles. The lowest BCUT2D eigenvalue weighted by Crippen LogP contribution is -2.67. The molecule has 1 nitrogen and oxygen atoms in total. The maximum atomic E-state index is 12.5. The molecular formula is C8HF15O. The van der Waals surface area contributed by atoms with Gasteiger partial charge in [0.25, 0.3) is 0 Å². The minimum absolute atomic E-state index is 2.07. The molecule has 0 N–H and O–H groups in total. The Morgan fingerprint density at radius 1 is 0.542 bits per heavy atom. The Morgan fingerprint density at radius 3 is 1.04 bits per heavy atom. The first-order valence-electron chi connectivity index (χ1n) is 4.81. The largest absolute Gasteiger partial charge is 0.467 e. The topological polar surface area (TPSA) is 9.23 Å². The molecule has 0 fully saturated rings. The first-order valence-corrected chi connectivity index (χ1v) is 4.81. The van der Waals surface area contributed by atoms with Gasteiger partial charge < -0.3 is 4.74 Å². The zero-order chi connectivity index (χ0) is 20.0. The molecular weight excluding hydrogens is 397 g/mol. The SMILES string of the molecule is FC(=COC(C(F)(F)F)(C(F)(F)F)C(F)(F)F)C(F)(F)C(F)(F)F. The second kappa shape index (κ2) is 5.79. The van der Waals surface area contributed by atoms with Crippen LogP contribution >= 0.6 is 0 Å². The van der Waals surface area contributed by atoms with E-state index in [0.29, 0.717) is 0 Å². The van der Waals surface area contributed by atoms with E-state index >= 15 is 0 Å². The Labute approximate surface area is 120 Å². The standard InChI is InChI=1S/C8HF15O/c9-2(3(10,11)5(12,13)14)1-24-4(6(15,16)17,7(18,19)20)8(21,22)23/h1H. The van der Waals surface area contributed by atoms with Crippen molar-refractivity contribution in [3.8, 4) is 0 Å². The van der Waals surface area contributed by atoms with Crippen molar-refractivity contribution in [2.75, 3.05) is 0 Å². The second-order valence-electron chi connectivity index (χ2n) is 3.83.